The molecule has 4 aromatic rings. The van der Waals surface area contributed by atoms with Crippen molar-refractivity contribution in [3.05, 3.63) is 77.4 Å². The molecule has 0 saturated carbocycles. The molecule has 40 heavy (non-hydrogen) atoms. The van der Waals surface area contributed by atoms with E-state index in [0.717, 1.165) is 10.9 Å². The number of benzene rings is 2. The number of amides is 2. The van der Waals surface area contributed by atoms with Crippen molar-refractivity contribution >= 4 is 34.2 Å². The lowest BCUT2D eigenvalue weighted by Gasteiger charge is -2.11. The number of nitrogens with zero attached hydrogens (tertiary/aromatic N) is 3. The minimum absolute atomic E-state index is 0.0742. The van der Waals surface area contributed by atoms with Crippen LogP contribution in [0.25, 0.3) is 11.0 Å². The molecular weight excluding hydrogens is 525 g/mol. The van der Waals surface area contributed by atoms with Gasteiger partial charge < -0.3 is 25.3 Å². The van der Waals surface area contributed by atoms with Crippen molar-refractivity contribution < 1.29 is 27.5 Å². The first kappa shape index (κ1) is 28.0. The maximum absolute atomic E-state index is 13.2. The first-order valence-corrected chi connectivity index (χ1v) is 12.0. The van der Waals surface area contributed by atoms with Gasteiger partial charge in [-0.1, -0.05) is 11.8 Å². The van der Waals surface area contributed by atoms with E-state index in [4.69, 9.17) is 4.74 Å². The molecule has 12 heteroatoms. The largest absolute Gasteiger partial charge is 0.495 e. The van der Waals surface area contributed by atoms with Crippen LogP contribution in [0.3, 0.4) is 0 Å². The summed E-state index contributed by atoms with van der Waals surface area (Å²) in [5.74, 6) is 5.48. The van der Waals surface area contributed by atoms with Gasteiger partial charge >= 0.3 is 6.18 Å². The third-order valence-corrected chi connectivity index (χ3v) is 5.76. The van der Waals surface area contributed by atoms with E-state index in [-0.39, 0.29) is 29.0 Å². The molecule has 206 valence electrons. The van der Waals surface area contributed by atoms with Crippen molar-refractivity contribution in [2.75, 3.05) is 31.3 Å². The molecular formula is C28H25F3N6O3. The number of methoxy groups -OCH3 is 1. The maximum atomic E-state index is 13.2. The highest BCUT2D eigenvalue weighted by Crippen LogP contribution is 2.27. The highest BCUT2D eigenvalue weighted by atomic mass is 19.4. The van der Waals surface area contributed by atoms with E-state index in [2.05, 4.69) is 37.8 Å². The highest BCUT2D eigenvalue weighted by molar-refractivity contribution is 6.12. The van der Waals surface area contributed by atoms with E-state index in [1.54, 1.807) is 37.3 Å². The Morgan fingerprint density at radius 1 is 1.07 bits per heavy atom. The molecule has 3 N–H and O–H groups in total. The molecule has 0 radical (unpaired) electrons. The van der Waals surface area contributed by atoms with Gasteiger partial charge in [-0.3, -0.25) is 14.6 Å². The molecule has 2 heterocycles. The average molecular weight is 551 g/mol. The zero-order valence-corrected chi connectivity index (χ0v) is 21.8. The maximum Gasteiger partial charge on any atom is 0.406 e. The molecule has 0 aliphatic rings. The summed E-state index contributed by atoms with van der Waals surface area (Å²) in [6.07, 6.45) is -1.90. The van der Waals surface area contributed by atoms with Gasteiger partial charge in [0.15, 0.2) is 0 Å². The van der Waals surface area contributed by atoms with E-state index in [0.29, 0.717) is 33.9 Å². The van der Waals surface area contributed by atoms with Gasteiger partial charge in [0, 0.05) is 35.8 Å². The standard InChI is InChI=1S/C28H25F3N6O3/c1-17-11-20(8-10-33-17)36-27(39)21-12-18(13-23-25(21)35-16-37(23)15-28(29,30)31)5-4-9-34-22-14-19(26(38)32-2)6-7-24(22)40-3/h6-8,10-14,16,34H,9,15H2,1-3H3,(H,32,38)(H,33,36,39). The molecule has 0 spiro atoms. The number of carbonyl (C=O) groups is 2. The Morgan fingerprint density at radius 3 is 2.58 bits per heavy atom. The first-order chi connectivity index (χ1) is 19.1. The quantitative estimate of drug-likeness (QED) is 0.295. The molecule has 9 nitrogen and oxygen atoms in total. The second-order valence-corrected chi connectivity index (χ2v) is 8.67. The number of carbonyl (C=O) groups excluding carboxylic acids is 2. The summed E-state index contributed by atoms with van der Waals surface area (Å²) in [5, 5.41) is 8.36. The summed E-state index contributed by atoms with van der Waals surface area (Å²) in [6, 6.07) is 11.1. The average Bonchev–Trinajstić information content (AvgIpc) is 3.30. The molecule has 0 unspecified atom stereocenters. The predicted molar refractivity (Wildman–Crippen MR) is 144 cm³/mol. The van der Waals surface area contributed by atoms with E-state index >= 15 is 0 Å². The van der Waals surface area contributed by atoms with Crippen LogP contribution in [0, 0.1) is 18.8 Å². The number of halogens is 3. The van der Waals surface area contributed by atoms with Crippen molar-refractivity contribution in [1.29, 1.82) is 0 Å². The van der Waals surface area contributed by atoms with Crippen LogP contribution in [0.2, 0.25) is 0 Å². The van der Waals surface area contributed by atoms with Crippen LogP contribution in [0.5, 0.6) is 5.75 Å². The molecule has 0 fully saturated rings. The second-order valence-electron chi connectivity index (χ2n) is 8.67. The Hall–Kier alpha value is -5.05. The summed E-state index contributed by atoms with van der Waals surface area (Å²) in [7, 11) is 3.01. The van der Waals surface area contributed by atoms with Gasteiger partial charge in [0.1, 0.15) is 17.8 Å². The van der Waals surface area contributed by atoms with Crippen molar-refractivity contribution in [3.8, 4) is 17.6 Å². The summed E-state index contributed by atoms with van der Waals surface area (Å²) >= 11 is 0. The van der Waals surface area contributed by atoms with Crippen LogP contribution < -0.4 is 20.7 Å². The van der Waals surface area contributed by atoms with Gasteiger partial charge in [0.05, 0.1) is 36.7 Å². The second kappa shape index (κ2) is 11.8. The van der Waals surface area contributed by atoms with E-state index < -0.39 is 18.6 Å². The number of imidazole rings is 1. The summed E-state index contributed by atoms with van der Waals surface area (Å²) in [5.41, 5.74) is 2.74. The minimum atomic E-state index is -4.49. The number of aryl methyl sites for hydroxylation is 1. The molecule has 4 rings (SSSR count). The third kappa shape index (κ3) is 6.68. The van der Waals surface area contributed by atoms with Crippen molar-refractivity contribution in [2.45, 2.75) is 19.6 Å². The zero-order valence-electron chi connectivity index (χ0n) is 21.8. The highest BCUT2D eigenvalue weighted by Gasteiger charge is 2.29. The van der Waals surface area contributed by atoms with E-state index in [1.807, 2.05) is 0 Å². The lowest BCUT2D eigenvalue weighted by molar-refractivity contribution is -0.139. The fourth-order valence-electron chi connectivity index (χ4n) is 3.97. The van der Waals surface area contributed by atoms with Gasteiger partial charge in [-0.2, -0.15) is 13.2 Å². The van der Waals surface area contributed by atoms with Crippen LogP contribution in [0.15, 0.2) is 55.0 Å². The SMILES string of the molecule is CNC(=O)c1ccc(OC)c(NCC#Cc2cc(C(=O)Nc3ccnc(C)c3)c3ncn(CC(F)(F)F)c3c2)c1. The lowest BCUT2D eigenvalue weighted by Crippen LogP contribution is -2.18. The van der Waals surface area contributed by atoms with Gasteiger partial charge in [-0.15, -0.1) is 0 Å². The van der Waals surface area contributed by atoms with Crippen LogP contribution in [-0.4, -0.2) is 53.2 Å². The van der Waals surface area contributed by atoms with Gasteiger partial charge in [0.25, 0.3) is 11.8 Å². The van der Waals surface area contributed by atoms with Crippen molar-refractivity contribution in [2.24, 2.45) is 0 Å². The van der Waals surface area contributed by atoms with Crippen molar-refractivity contribution in [1.82, 2.24) is 19.9 Å². The monoisotopic (exact) mass is 550 g/mol. The number of nitrogens with one attached hydrogen (secondary N) is 3. The number of aromatic nitrogens is 3. The van der Waals surface area contributed by atoms with Gasteiger partial charge in [0.2, 0.25) is 0 Å². The molecule has 0 aliphatic heterocycles. The summed E-state index contributed by atoms with van der Waals surface area (Å²) in [6.45, 7) is 0.612. The number of ether oxygens (including phenoxy) is 1. The normalized spacial score (nSPS) is 10.9. The minimum Gasteiger partial charge on any atom is -0.495 e. The van der Waals surface area contributed by atoms with Crippen LogP contribution in [0.1, 0.15) is 32.0 Å². The molecule has 2 aromatic heterocycles. The summed E-state index contributed by atoms with van der Waals surface area (Å²) < 4.78 is 45.9. The van der Waals surface area contributed by atoms with Gasteiger partial charge in [-0.05, 0) is 49.4 Å². The summed E-state index contributed by atoms with van der Waals surface area (Å²) in [4.78, 5) is 33.3. The van der Waals surface area contributed by atoms with Gasteiger partial charge in [-0.25, -0.2) is 4.98 Å². The third-order valence-electron chi connectivity index (χ3n) is 5.76. The molecule has 0 bridgehead atoms. The Labute approximate surface area is 227 Å². The molecule has 2 amide bonds. The number of fused-ring (bicyclic) bond motifs is 1. The van der Waals surface area contributed by atoms with E-state index in [1.165, 1.54) is 32.5 Å². The number of alkyl halides is 3. The Morgan fingerprint density at radius 2 is 1.88 bits per heavy atom. The number of pyridine rings is 1. The predicted octanol–water partition coefficient (Wildman–Crippen LogP) is 4.39. The fraction of sp³-hybridized carbons (Fsp3) is 0.214. The molecule has 0 atom stereocenters. The Kier molecular flexibility index (Phi) is 8.23. The first-order valence-electron chi connectivity index (χ1n) is 12.0. The van der Waals surface area contributed by atoms with Crippen molar-refractivity contribution in [3.63, 3.8) is 0 Å². The topological polar surface area (TPSA) is 110 Å². The molecule has 0 aliphatic carbocycles. The van der Waals surface area contributed by atoms with Crippen LogP contribution in [0.4, 0.5) is 24.5 Å². The zero-order chi connectivity index (χ0) is 28.9. The smallest absolute Gasteiger partial charge is 0.406 e. The molecule has 2 aromatic carbocycles. The number of hydrogen-bond donors (Lipinski definition) is 3. The number of anilines is 2. The number of hydrogen-bond acceptors (Lipinski definition) is 6. The number of rotatable bonds is 7. The van der Waals surface area contributed by atoms with E-state index in [9.17, 15) is 22.8 Å². The Balaban J connectivity index is 1.65. The molecule has 0 saturated heterocycles. The van der Waals surface area contributed by atoms with Crippen LogP contribution in [-0.2, 0) is 6.54 Å². The van der Waals surface area contributed by atoms with Crippen LogP contribution >= 0.6 is 0 Å². The fourth-order valence-corrected chi connectivity index (χ4v) is 3.97. The Bertz CT molecular complexity index is 1640. The lowest BCUT2D eigenvalue weighted by atomic mass is 10.1.